The normalized spacial score (nSPS) is 21.8. The number of likely N-dealkylation sites (tertiary alicyclic amines) is 2. The lowest BCUT2D eigenvalue weighted by molar-refractivity contribution is -0.136. The fraction of sp³-hybridized carbons (Fsp3) is 0.480. The van der Waals surface area contributed by atoms with Gasteiger partial charge in [-0.15, -0.1) is 0 Å². The summed E-state index contributed by atoms with van der Waals surface area (Å²) < 4.78 is 0. The van der Waals surface area contributed by atoms with Crippen molar-refractivity contribution in [1.29, 1.82) is 0 Å². The maximum Gasteiger partial charge on any atom is 0.254 e. The number of amides is 2. The number of nitrogens with zero attached hydrogens (tertiary/aromatic N) is 4. The van der Waals surface area contributed by atoms with Crippen LogP contribution in [0.2, 0.25) is 0 Å². The first-order chi connectivity index (χ1) is 15.0. The number of carbonyl (C=O) groups is 2. The van der Waals surface area contributed by atoms with E-state index in [0.717, 1.165) is 42.9 Å². The standard InChI is InChI=1S/C25H32N4O2/c1-27(2)24(31)25(22-12-5-6-14-26-22)13-9-17-29(19-25)23(30)21-11-4-3-10-20(21)18-28-15-7-8-16-28/h3-6,10-12,14H,7-9,13,15-19H2,1-2H3/t25-/m0/s1. The largest absolute Gasteiger partial charge is 0.348 e. The highest BCUT2D eigenvalue weighted by Gasteiger charge is 2.47. The topological polar surface area (TPSA) is 56.8 Å². The Kier molecular flexibility index (Phi) is 6.37. The molecule has 2 saturated heterocycles. The molecule has 31 heavy (non-hydrogen) atoms. The van der Waals surface area contributed by atoms with Crippen LogP contribution in [0.5, 0.6) is 0 Å². The van der Waals surface area contributed by atoms with Crippen molar-refractivity contribution in [2.45, 2.75) is 37.6 Å². The highest BCUT2D eigenvalue weighted by atomic mass is 16.2. The van der Waals surface area contributed by atoms with Gasteiger partial charge in [-0.3, -0.25) is 19.5 Å². The van der Waals surface area contributed by atoms with E-state index in [1.807, 2.05) is 41.3 Å². The van der Waals surface area contributed by atoms with Crippen LogP contribution in [0.15, 0.2) is 48.7 Å². The van der Waals surface area contributed by atoms with Gasteiger partial charge in [0.2, 0.25) is 5.91 Å². The molecule has 164 valence electrons. The molecule has 1 aromatic carbocycles. The predicted octanol–water partition coefficient (Wildman–Crippen LogP) is 2.94. The summed E-state index contributed by atoms with van der Waals surface area (Å²) >= 11 is 0. The van der Waals surface area contributed by atoms with Crippen LogP contribution in [-0.2, 0) is 16.8 Å². The minimum Gasteiger partial charge on any atom is -0.348 e. The van der Waals surface area contributed by atoms with E-state index in [2.05, 4.69) is 16.0 Å². The van der Waals surface area contributed by atoms with E-state index in [4.69, 9.17) is 0 Å². The summed E-state index contributed by atoms with van der Waals surface area (Å²) in [5.74, 6) is 0.0235. The van der Waals surface area contributed by atoms with Crippen LogP contribution in [0.1, 0.15) is 47.3 Å². The van der Waals surface area contributed by atoms with Gasteiger partial charge in [0.05, 0.1) is 5.69 Å². The van der Waals surface area contributed by atoms with Crippen molar-refractivity contribution in [1.82, 2.24) is 19.7 Å². The van der Waals surface area contributed by atoms with Gasteiger partial charge in [0.25, 0.3) is 5.91 Å². The molecule has 1 aromatic heterocycles. The Morgan fingerprint density at radius 2 is 1.74 bits per heavy atom. The lowest BCUT2D eigenvalue weighted by Crippen LogP contribution is -2.56. The first kappa shape index (κ1) is 21.5. The van der Waals surface area contributed by atoms with Gasteiger partial charge >= 0.3 is 0 Å². The molecule has 2 aliphatic heterocycles. The highest BCUT2D eigenvalue weighted by Crippen LogP contribution is 2.35. The van der Waals surface area contributed by atoms with Crippen LogP contribution in [-0.4, -0.2) is 71.8 Å². The molecule has 3 heterocycles. The highest BCUT2D eigenvalue weighted by molar-refractivity contribution is 5.97. The number of hydrogen-bond acceptors (Lipinski definition) is 4. The van der Waals surface area contributed by atoms with E-state index in [9.17, 15) is 9.59 Å². The molecule has 0 bridgehead atoms. The summed E-state index contributed by atoms with van der Waals surface area (Å²) in [5.41, 5.74) is 1.77. The number of pyridine rings is 1. The first-order valence-electron chi connectivity index (χ1n) is 11.2. The molecule has 2 amide bonds. The number of piperidine rings is 1. The fourth-order valence-corrected chi connectivity index (χ4v) is 5.01. The Bertz CT molecular complexity index is 924. The van der Waals surface area contributed by atoms with Crippen molar-refractivity contribution in [3.8, 4) is 0 Å². The van der Waals surface area contributed by atoms with Gasteiger partial charge in [-0.1, -0.05) is 24.3 Å². The number of benzene rings is 1. The van der Waals surface area contributed by atoms with Crippen LogP contribution in [0, 0.1) is 0 Å². The van der Waals surface area contributed by atoms with Gasteiger partial charge in [0.1, 0.15) is 5.41 Å². The van der Waals surface area contributed by atoms with Gasteiger partial charge in [-0.05, 0) is 62.5 Å². The molecular formula is C25H32N4O2. The van der Waals surface area contributed by atoms with Gasteiger partial charge < -0.3 is 9.80 Å². The summed E-state index contributed by atoms with van der Waals surface area (Å²) in [5, 5.41) is 0. The number of likely N-dealkylation sites (N-methyl/N-ethyl adjacent to an activating group) is 1. The summed E-state index contributed by atoms with van der Waals surface area (Å²) in [7, 11) is 3.55. The molecule has 0 radical (unpaired) electrons. The van der Waals surface area contributed by atoms with Gasteiger partial charge in [0.15, 0.2) is 0 Å². The maximum atomic E-state index is 13.7. The molecule has 2 fully saturated rings. The quantitative estimate of drug-likeness (QED) is 0.746. The van der Waals surface area contributed by atoms with Gasteiger partial charge in [-0.25, -0.2) is 0 Å². The van der Waals surface area contributed by atoms with Crippen molar-refractivity contribution in [3.63, 3.8) is 0 Å². The molecule has 0 aliphatic carbocycles. The summed E-state index contributed by atoms with van der Waals surface area (Å²) in [4.78, 5) is 37.5. The lowest BCUT2D eigenvalue weighted by Gasteiger charge is -2.42. The van der Waals surface area contributed by atoms with Crippen molar-refractivity contribution in [2.75, 3.05) is 40.3 Å². The van der Waals surface area contributed by atoms with E-state index < -0.39 is 5.41 Å². The molecule has 0 unspecified atom stereocenters. The third-order valence-corrected chi connectivity index (χ3v) is 6.59. The Labute approximate surface area is 184 Å². The molecule has 0 N–H and O–H groups in total. The van der Waals surface area contributed by atoms with E-state index >= 15 is 0 Å². The van der Waals surface area contributed by atoms with Crippen molar-refractivity contribution < 1.29 is 9.59 Å². The number of aromatic nitrogens is 1. The maximum absolute atomic E-state index is 13.7. The van der Waals surface area contributed by atoms with Crippen LogP contribution >= 0.6 is 0 Å². The summed E-state index contributed by atoms with van der Waals surface area (Å²) in [6, 6.07) is 13.6. The van der Waals surface area contributed by atoms with Crippen LogP contribution in [0.4, 0.5) is 0 Å². The number of rotatable bonds is 5. The summed E-state index contributed by atoms with van der Waals surface area (Å²) in [6.07, 6.45) is 5.64. The van der Waals surface area contributed by atoms with Crippen LogP contribution in [0.3, 0.4) is 0 Å². The molecule has 0 saturated carbocycles. The monoisotopic (exact) mass is 420 g/mol. The molecule has 1 atom stereocenters. The lowest BCUT2D eigenvalue weighted by atomic mass is 9.75. The third kappa shape index (κ3) is 4.35. The predicted molar refractivity (Wildman–Crippen MR) is 121 cm³/mol. The second-order valence-electron chi connectivity index (χ2n) is 8.97. The minimum absolute atomic E-state index is 0.00838. The summed E-state index contributed by atoms with van der Waals surface area (Å²) in [6.45, 7) is 4.00. The van der Waals surface area contributed by atoms with Gasteiger partial charge in [0, 0.05) is 45.5 Å². The Morgan fingerprint density at radius 1 is 1.00 bits per heavy atom. The molecule has 2 aromatic rings. The second-order valence-corrected chi connectivity index (χ2v) is 8.97. The smallest absolute Gasteiger partial charge is 0.254 e. The van der Waals surface area contributed by atoms with Gasteiger partial charge in [-0.2, -0.15) is 0 Å². The molecule has 2 aliphatic rings. The Morgan fingerprint density at radius 3 is 2.45 bits per heavy atom. The molecular weight excluding hydrogens is 388 g/mol. The second kappa shape index (κ2) is 9.18. The van der Waals surface area contributed by atoms with E-state index in [1.165, 1.54) is 12.8 Å². The molecule has 6 heteroatoms. The number of carbonyl (C=O) groups excluding carboxylic acids is 2. The molecule has 0 spiro atoms. The molecule has 6 nitrogen and oxygen atoms in total. The SMILES string of the molecule is CN(C)C(=O)[C@@]1(c2ccccn2)CCCN(C(=O)c2ccccc2CN2CCCC2)C1. The zero-order valence-corrected chi connectivity index (χ0v) is 18.6. The van der Waals surface area contributed by atoms with Crippen LogP contribution < -0.4 is 0 Å². The minimum atomic E-state index is -0.803. The third-order valence-electron chi connectivity index (χ3n) is 6.59. The van der Waals surface area contributed by atoms with Crippen molar-refractivity contribution >= 4 is 11.8 Å². The number of hydrogen-bond donors (Lipinski definition) is 0. The fourth-order valence-electron chi connectivity index (χ4n) is 5.01. The van der Waals surface area contributed by atoms with E-state index in [-0.39, 0.29) is 11.8 Å². The Balaban J connectivity index is 1.63. The van der Waals surface area contributed by atoms with Crippen LogP contribution in [0.25, 0.3) is 0 Å². The average Bonchev–Trinajstić information content (AvgIpc) is 3.32. The molecule has 4 rings (SSSR count). The Hall–Kier alpha value is -2.73. The van der Waals surface area contributed by atoms with Crippen molar-refractivity contribution in [3.05, 3.63) is 65.5 Å². The average molecular weight is 421 g/mol. The first-order valence-corrected chi connectivity index (χ1v) is 11.2. The van der Waals surface area contributed by atoms with Crippen molar-refractivity contribution in [2.24, 2.45) is 0 Å². The zero-order chi connectivity index (χ0) is 21.8. The van der Waals surface area contributed by atoms with E-state index in [0.29, 0.717) is 19.5 Å². The van der Waals surface area contributed by atoms with E-state index in [1.54, 1.807) is 25.2 Å². The zero-order valence-electron chi connectivity index (χ0n) is 18.6.